The van der Waals surface area contributed by atoms with Crippen molar-refractivity contribution in [1.82, 2.24) is 4.90 Å². The van der Waals surface area contributed by atoms with Crippen LogP contribution in [0.1, 0.15) is 72.3 Å². The highest BCUT2D eigenvalue weighted by molar-refractivity contribution is 5.91. The van der Waals surface area contributed by atoms with Crippen LogP contribution in [0.4, 0.5) is 0 Å². The van der Waals surface area contributed by atoms with E-state index in [1.807, 2.05) is 19.9 Å². The Hall–Kier alpha value is -3.61. The largest absolute Gasteiger partial charge is 0.507 e. The molecule has 49 heavy (non-hydrogen) atoms. The average molecular weight is 684 g/mol. The van der Waals surface area contributed by atoms with Crippen molar-refractivity contribution in [2.45, 2.75) is 104 Å². The van der Waals surface area contributed by atoms with Gasteiger partial charge in [0, 0.05) is 23.7 Å². The van der Waals surface area contributed by atoms with Gasteiger partial charge in [-0.1, -0.05) is 38.3 Å². The maximum absolute atomic E-state index is 14.3. The molecule has 0 aliphatic carbocycles. The van der Waals surface area contributed by atoms with Crippen LogP contribution in [0, 0.1) is 0 Å². The highest BCUT2D eigenvalue weighted by Gasteiger charge is 2.44. The molecule has 0 spiro atoms. The summed E-state index contributed by atoms with van der Waals surface area (Å²) >= 11 is 0. The third-order valence-electron chi connectivity index (χ3n) is 8.81. The van der Waals surface area contributed by atoms with E-state index in [2.05, 4.69) is 18.7 Å². The van der Waals surface area contributed by atoms with Gasteiger partial charge in [0.05, 0.1) is 19.8 Å². The number of nitrogens with zero attached hydrogens (tertiary/aromatic N) is 1. The third kappa shape index (κ3) is 9.34. The van der Waals surface area contributed by atoms with Gasteiger partial charge in [0.1, 0.15) is 46.5 Å². The molecule has 270 valence electrons. The smallest absolute Gasteiger partial charge is 0.239 e. The molecule has 4 N–H and O–H groups in total. The second-order valence-electron chi connectivity index (χ2n) is 12.9. The second-order valence-corrected chi connectivity index (χ2v) is 12.9. The van der Waals surface area contributed by atoms with Crippen molar-refractivity contribution in [3.63, 3.8) is 0 Å². The number of phenols is 1. The fourth-order valence-corrected chi connectivity index (χ4v) is 5.82. The molecule has 1 aliphatic heterocycles. The minimum absolute atomic E-state index is 0.0155. The Balaban J connectivity index is 1.80. The lowest BCUT2D eigenvalue weighted by molar-refractivity contribution is -0.268. The van der Waals surface area contributed by atoms with Gasteiger partial charge < -0.3 is 48.7 Å². The van der Waals surface area contributed by atoms with Crippen molar-refractivity contribution in [2.24, 2.45) is 0 Å². The zero-order valence-corrected chi connectivity index (χ0v) is 29.6. The van der Waals surface area contributed by atoms with E-state index >= 15 is 0 Å². The van der Waals surface area contributed by atoms with Gasteiger partial charge in [0.15, 0.2) is 5.76 Å². The molecule has 3 aromatic rings. The molecular formula is C38H53NO10. The van der Waals surface area contributed by atoms with E-state index < -0.39 is 36.1 Å². The summed E-state index contributed by atoms with van der Waals surface area (Å²) in [5.74, 6) is 0.306. The monoisotopic (exact) mass is 683 g/mol. The minimum Gasteiger partial charge on any atom is -0.507 e. The molecule has 0 saturated carbocycles. The Kier molecular flexibility index (Phi) is 13.9. The van der Waals surface area contributed by atoms with Crippen molar-refractivity contribution in [2.75, 3.05) is 33.4 Å². The van der Waals surface area contributed by atoms with E-state index in [1.165, 1.54) is 20.1 Å². The van der Waals surface area contributed by atoms with Crippen LogP contribution in [0.25, 0.3) is 22.3 Å². The number of unbranched alkanes of at least 4 members (excludes halogenated alkanes) is 2. The van der Waals surface area contributed by atoms with Crippen LogP contribution in [0.2, 0.25) is 0 Å². The molecule has 1 fully saturated rings. The van der Waals surface area contributed by atoms with Crippen LogP contribution < -0.4 is 19.6 Å². The highest BCUT2D eigenvalue weighted by Crippen LogP contribution is 2.41. The maximum atomic E-state index is 14.3. The zero-order valence-electron chi connectivity index (χ0n) is 29.6. The number of fused-ring (bicyclic) bond motifs is 1. The van der Waals surface area contributed by atoms with Crippen LogP contribution in [-0.4, -0.2) is 89.4 Å². The van der Waals surface area contributed by atoms with E-state index in [4.69, 9.17) is 23.4 Å². The summed E-state index contributed by atoms with van der Waals surface area (Å²) in [5, 5.41) is 42.5. The Bertz CT molecular complexity index is 1590. The fraction of sp³-hybridized carbons (Fsp3) is 0.553. The summed E-state index contributed by atoms with van der Waals surface area (Å²) in [6, 6.07) is 8.21. The number of aliphatic hydroxyl groups is 3. The molecule has 0 radical (unpaired) electrons. The molecule has 2 aromatic carbocycles. The highest BCUT2D eigenvalue weighted by atomic mass is 16.7. The van der Waals surface area contributed by atoms with Crippen LogP contribution in [0.3, 0.4) is 0 Å². The van der Waals surface area contributed by atoms with Crippen LogP contribution in [0.5, 0.6) is 23.0 Å². The first kappa shape index (κ1) is 38.2. The summed E-state index contributed by atoms with van der Waals surface area (Å²) in [7, 11) is 1.54. The van der Waals surface area contributed by atoms with Gasteiger partial charge in [-0.05, 0) is 83.8 Å². The van der Waals surface area contributed by atoms with Crippen LogP contribution >= 0.6 is 0 Å². The molecule has 4 rings (SSSR count). The number of phenolic OH excluding ortho intramolecular Hbond substituents is 1. The molecule has 11 heteroatoms. The number of rotatable bonds is 17. The predicted octanol–water partition coefficient (Wildman–Crippen LogP) is 5.56. The van der Waals surface area contributed by atoms with Gasteiger partial charge in [0.2, 0.25) is 17.5 Å². The van der Waals surface area contributed by atoms with Crippen molar-refractivity contribution in [1.29, 1.82) is 0 Å². The lowest BCUT2D eigenvalue weighted by Gasteiger charge is -2.38. The number of methoxy groups -OCH3 is 1. The summed E-state index contributed by atoms with van der Waals surface area (Å²) in [6.07, 6.45) is 0.654. The normalized spacial score (nSPS) is 20.8. The van der Waals surface area contributed by atoms with Gasteiger partial charge in [-0.2, -0.15) is 0 Å². The fourth-order valence-electron chi connectivity index (χ4n) is 5.82. The lowest BCUT2D eigenvalue weighted by Crippen LogP contribution is -2.58. The molecule has 11 nitrogen and oxygen atoms in total. The number of aliphatic hydroxyl groups excluding tert-OH is 3. The van der Waals surface area contributed by atoms with E-state index in [0.29, 0.717) is 35.7 Å². The van der Waals surface area contributed by atoms with Crippen LogP contribution in [-0.2, 0) is 11.2 Å². The summed E-state index contributed by atoms with van der Waals surface area (Å²) in [5.41, 5.74) is 1.51. The predicted molar refractivity (Wildman–Crippen MR) is 189 cm³/mol. The van der Waals surface area contributed by atoms with Gasteiger partial charge in [-0.25, -0.2) is 0 Å². The number of benzene rings is 2. The minimum atomic E-state index is -1.68. The number of hydrogen-bond acceptors (Lipinski definition) is 11. The summed E-state index contributed by atoms with van der Waals surface area (Å²) in [4.78, 5) is 16.8. The Morgan fingerprint density at radius 2 is 1.61 bits per heavy atom. The van der Waals surface area contributed by atoms with Crippen molar-refractivity contribution in [3.8, 4) is 34.3 Å². The summed E-state index contributed by atoms with van der Waals surface area (Å²) < 4.78 is 29.8. The van der Waals surface area contributed by atoms with Crippen LogP contribution in [0.15, 0.2) is 51.2 Å². The first-order valence-electron chi connectivity index (χ1n) is 17.3. The van der Waals surface area contributed by atoms with Gasteiger partial charge >= 0.3 is 0 Å². The Morgan fingerprint density at radius 1 is 0.959 bits per heavy atom. The van der Waals surface area contributed by atoms with E-state index in [-0.39, 0.29) is 28.2 Å². The molecule has 0 bridgehead atoms. The first-order valence-corrected chi connectivity index (χ1v) is 17.3. The molecule has 0 amide bonds. The standard InChI is InChI=1S/C38H53NO10/c1-7-9-18-39(19-10-8-2)20-11-21-46-29-22-28(40)30-32(42)37(49-38-34(44)33(43)31(41)24(5)47-38)35(25-13-15-26(45-6)16-14-25)48-36(30)27(29)17-12-23(3)4/h12-16,22,24,31,33-34,38,40-41,43-44H,7-11,17-21H2,1-6H3/t24-,31-,33+,34+,38-/m1/s1. The molecular weight excluding hydrogens is 630 g/mol. The average Bonchev–Trinajstić information content (AvgIpc) is 3.09. The van der Waals surface area contributed by atoms with Crippen molar-refractivity contribution < 1.29 is 43.8 Å². The third-order valence-corrected chi connectivity index (χ3v) is 8.81. The topological polar surface area (TPSA) is 151 Å². The molecule has 1 aliphatic rings. The zero-order chi connectivity index (χ0) is 35.7. The van der Waals surface area contributed by atoms with E-state index in [0.717, 1.165) is 57.3 Å². The van der Waals surface area contributed by atoms with Crippen molar-refractivity contribution >= 4 is 11.0 Å². The van der Waals surface area contributed by atoms with Crippen molar-refractivity contribution in [3.05, 3.63) is 57.8 Å². The molecule has 5 atom stereocenters. The number of allylic oxidation sites excluding steroid dienone is 2. The molecule has 1 saturated heterocycles. The van der Waals surface area contributed by atoms with Gasteiger partial charge in [0.25, 0.3) is 0 Å². The van der Waals surface area contributed by atoms with E-state index in [1.54, 1.807) is 24.3 Å². The SMILES string of the molecule is CCCCN(CCCC)CCCOc1cc(O)c2c(=O)c(O[C@H]3O[C@H](C)[C@@H](O)[C@H](O)[C@@H]3O)c(-c3ccc(OC)cc3)oc2c1CC=C(C)C. The van der Waals surface area contributed by atoms with Gasteiger partial charge in [-0.15, -0.1) is 0 Å². The Labute approximate surface area is 288 Å². The molecule has 2 heterocycles. The van der Waals surface area contributed by atoms with Gasteiger partial charge in [-0.3, -0.25) is 4.79 Å². The quantitative estimate of drug-likeness (QED) is 0.105. The first-order chi connectivity index (χ1) is 23.5. The lowest BCUT2D eigenvalue weighted by atomic mass is 10.00. The molecule has 0 unspecified atom stereocenters. The van der Waals surface area contributed by atoms with E-state index in [9.17, 15) is 25.2 Å². The number of aromatic hydroxyl groups is 1. The number of hydrogen-bond donors (Lipinski definition) is 4. The maximum Gasteiger partial charge on any atom is 0.239 e. The summed E-state index contributed by atoms with van der Waals surface area (Å²) in [6.45, 7) is 13.2. The second kappa shape index (κ2) is 17.9. The molecule has 1 aromatic heterocycles. The number of ether oxygens (including phenoxy) is 4. The Morgan fingerprint density at radius 3 is 2.22 bits per heavy atom.